The molecule has 0 saturated heterocycles. The highest BCUT2D eigenvalue weighted by molar-refractivity contribution is 7.80. The highest BCUT2D eigenvalue weighted by Gasteiger charge is 2.16. The van der Waals surface area contributed by atoms with Crippen molar-refractivity contribution in [3.8, 4) is 5.75 Å². The van der Waals surface area contributed by atoms with Crippen molar-refractivity contribution >= 4 is 45.9 Å². The Labute approximate surface area is 173 Å². The van der Waals surface area contributed by atoms with E-state index in [1.165, 1.54) is 0 Å². The van der Waals surface area contributed by atoms with Gasteiger partial charge in [-0.15, -0.1) is 0 Å². The molecule has 9 heteroatoms. The number of nitrogens with one attached hydrogen (secondary N) is 3. The lowest BCUT2D eigenvalue weighted by atomic mass is 10.1. The van der Waals surface area contributed by atoms with Gasteiger partial charge in [-0.25, -0.2) is 0 Å². The number of hydrogen-bond donors (Lipinski definition) is 3. The molecule has 154 valence electrons. The molecule has 2 aromatic rings. The first kappa shape index (κ1) is 22.1. The summed E-state index contributed by atoms with van der Waals surface area (Å²) in [5.41, 5.74) is 4.79. The number of amides is 2. The molecule has 0 unspecified atom stereocenters. The van der Waals surface area contributed by atoms with E-state index in [0.717, 1.165) is 10.8 Å². The second-order valence-corrected chi connectivity index (χ2v) is 6.47. The zero-order chi connectivity index (χ0) is 21.2. The molecule has 0 heterocycles. The molecule has 8 nitrogen and oxygen atoms in total. The van der Waals surface area contributed by atoms with Gasteiger partial charge in [0.25, 0.3) is 5.91 Å². The molecule has 0 radical (unpaired) electrons. The summed E-state index contributed by atoms with van der Waals surface area (Å²) in [6.45, 7) is 3.53. The molecule has 0 aromatic heterocycles. The largest absolute Gasteiger partial charge is 0.481 e. The predicted molar refractivity (Wildman–Crippen MR) is 112 cm³/mol. The van der Waals surface area contributed by atoms with Gasteiger partial charge in [-0.05, 0) is 49.0 Å². The molecule has 1 atom stereocenters. The molecule has 0 aliphatic rings. The van der Waals surface area contributed by atoms with E-state index in [1.807, 2.05) is 36.4 Å². The van der Waals surface area contributed by atoms with Crippen molar-refractivity contribution < 1.29 is 23.9 Å². The van der Waals surface area contributed by atoms with Crippen molar-refractivity contribution in [2.75, 3.05) is 6.61 Å². The maximum Gasteiger partial charge on any atom is 0.306 e. The molecule has 0 aliphatic carbocycles. The summed E-state index contributed by atoms with van der Waals surface area (Å²) < 4.78 is 10.4. The van der Waals surface area contributed by atoms with Crippen LogP contribution in [0.15, 0.2) is 42.5 Å². The van der Waals surface area contributed by atoms with E-state index in [-0.39, 0.29) is 24.6 Å². The van der Waals surface area contributed by atoms with Crippen molar-refractivity contribution in [1.82, 2.24) is 16.2 Å². The van der Waals surface area contributed by atoms with Crippen LogP contribution in [-0.4, -0.2) is 35.6 Å². The third-order valence-corrected chi connectivity index (χ3v) is 4.02. The number of esters is 1. The average molecular weight is 417 g/mol. The Morgan fingerprint density at radius 2 is 1.76 bits per heavy atom. The fourth-order valence-corrected chi connectivity index (χ4v) is 2.55. The van der Waals surface area contributed by atoms with E-state index >= 15 is 0 Å². The minimum absolute atomic E-state index is 0.0503. The molecule has 0 saturated carbocycles. The zero-order valence-electron chi connectivity index (χ0n) is 16.2. The summed E-state index contributed by atoms with van der Waals surface area (Å²) in [7, 11) is 0. The first-order chi connectivity index (χ1) is 13.9. The molecular formula is C20H23N3O5S. The van der Waals surface area contributed by atoms with Gasteiger partial charge in [0.1, 0.15) is 5.75 Å². The molecule has 0 fully saturated rings. The quantitative estimate of drug-likeness (QED) is 0.359. The number of carbonyl (C=O) groups excluding carboxylic acids is 3. The fraction of sp³-hybridized carbons (Fsp3) is 0.300. The van der Waals surface area contributed by atoms with Crippen molar-refractivity contribution in [2.45, 2.75) is 32.8 Å². The van der Waals surface area contributed by atoms with Gasteiger partial charge in [-0.1, -0.05) is 30.3 Å². The van der Waals surface area contributed by atoms with Crippen LogP contribution in [0.1, 0.15) is 26.7 Å². The van der Waals surface area contributed by atoms with Crippen LogP contribution in [0.25, 0.3) is 10.8 Å². The molecular weight excluding hydrogens is 394 g/mol. The maximum absolute atomic E-state index is 12.2. The number of thiocarbonyl (C=S) groups is 1. The summed E-state index contributed by atoms with van der Waals surface area (Å²) >= 11 is 4.93. The molecule has 2 rings (SSSR count). The number of hydrazine groups is 1. The monoisotopic (exact) mass is 417 g/mol. The van der Waals surface area contributed by atoms with Crippen molar-refractivity contribution in [1.29, 1.82) is 0 Å². The van der Waals surface area contributed by atoms with Gasteiger partial charge < -0.3 is 14.8 Å². The predicted octanol–water partition coefficient (Wildman–Crippen LogP) is 1.97. The van der Waals surface area contributed by atoms with E-state index in [9.17, 15) is 14.4 Å². The van der Waals surface area contributed by atoms with Crippen molar-refractivity contribution in [3.63, 3.8) is 0 Å². The third-order valence-electron chi connectivity index (χ3n) is 3.82. The van der Waals surface area contributed by atoms with Crippen LogP contribution < -0.4 is 20.9 Å². The number of carbonyl (C=O) groups is 3. The molecule has 2 amide bonds. The number of hydrogen-bond acceptors (Lipinski definition) is 6. The Kier molecular flexibility index (Phi) is 8.35. The molecule has 0 spiro atoms. The Hall–Kier alpha value is -3.20. The minimum atomic E-state index is -0.800. The second-order valence-electron chi connectivity index (χ2n) is 6.07. The smallest absolute Gasteiger partial charge is 0.306 e. The van der Waals surface area contributed by atoms with E-state index in [1.54, 1.807) is 19.9 Å². The van der Waals surface area contributed by atoms with E-state index in [4.69, 9.17) is 21.7 Å². The van der Waals surface area contributed by atoms with Crippen LogP contribution in [0, 0.1) is 0 Å². The SMILES string of the molecule is CCOC(=O)CCC(=O)NC(=S)NNC(=O)[C@@H](C)Oc1ccc2ccccc2c1. The van der Waals surface area contributed by atoms with Gasteiger partial charge >= 0.3 is 5.97 Å². The Bertz CT molecular complexity index is 903. The van der Waals surface area contributed by atoms with Gasteiger partial charge in [0.2, 0.25) is 5.91 Å². The molecule has 2 aromatic carbocycles. The summed E-state index contributed by atoms with van der Waals surface area (Å²) in [6.07, 6.45) is -0.924. The summed E-state index contributed by atoms with van der Waals surface area (Å²) in [5.74, 6) is -0.845. The van der Waals surface area contributed by atoms with Crippen LogP contribution >= 0.6 is 12.2 Å². The lowest BCUT2D eigenvalue weighted by Crippen LogP contribution is -2.51. The van der Waals surface area contributed by atoms with Gasteiger partial charge in [0.15, 0.2) is 11.2 Å². The third kappa shape index (κ3) is 7.38. The van der Waals surface area contributed by atoms with Crippen LogP contribution in [0.5, 0.6) is 5.75 Å². The fourth-order valence-electron chi connectivity index (χ4n) is 2.39. The van der Waals surface area contributed by atoms with Crippen molar-refractivity contribution in [3.05, 3.63) is 42.5 Å². The van der Waals surface area contributed by atoms with Gasteiger partial charge in [-0.2, -0.15) is 0 Å². The summed E-state index contributed by atoms with van der Waals surface area (Å²) in [4.78, 5) is 35.1. The molecule has 29 heavy (non-hydrogen) atoms. The number of ether oxygens (including phenoxy) is 2. The standard InChI is InChI=1S/C20H23N3O5S/c1-3-27-18(25)11-10-17(24)21-20(29)23-22-19(26)13(2)28-16-9-8-14-6-4-5-7-15(14)12-16/h4-9,12-13H,3,10-11H2,1-2H3,(H,22,26)(H2,21,23,24,29)/t13-/m1/s1. The van der Waals surface area contributed by atoms with Crippen LogP contribution in [0.2, 0.25) is 0 Å². The summed E-state index contributed by atoms with van der Waals surface area (Å²) in [6, 6.07) is 13.4. The van der Waals surface area contributed by atoms with Gasteiger partial charge in [-0.3, -0.25) is 25.2 Å². The van der Waals surface area contributed by atoms with E-state index in [2.05, 4.69) is 16.2 Å². The number of benzene rings is 2. The summed E-state index contributed by atoms with van der Waals surface area (Å²) in [5, 5.41) is 4.34. The molecule has 0 aliphatic heterocycles. The second kappa shape index (κ2) is 11.0. The Balaban J connectivity index is 1.75. The van der Waals surface area contributed by atoms with Crippen molar-refractivity contribution in [2.24, 2.45) is 0 Å². The topological polar surface area (TPSA) is 106 Å². The maximum atomic E-state index is 12.2. The first-order valence-electron chi connectivity index (χ1n) is 9.09. The first-order valence-corrected chi connectivity index (χ1v) is 9.50. The minimum Gasteiger partial charge on any atom is -0.481 e. The number of fused-ring (bicyclic) bond motifs is 1. The Morgan fingerprint density at radius 1 is 1.03 bits per heavy atom. The van der Waals surface area contributed by atoms with E-state index in [0.29, 0.717) is 5.75 Å². The molecule has 3 N–H and O–H groups in total. The normalized spacial score (nSPS) is 11.2. The highest BCUT2D eigenvalue weighted by Crippen LogP contribution is 2.21. The average Bonchev–Trinajstić information content (AvgIpc) is 2.70. The highest BCUT2D eigenvalue weighted by atomic mass is 32.1. The van der Waals surface area contributed by atoms with Gasteiger partial charge in [0.05, 0.1) is 13.0 Å². The van der Waals surface area contributed by atoms with Crippen LogP contribution in [0.3, 0.4) is 0 Å². The van der Waals surface area contributed by atoms with Crippen LogP contribution in [0.4, 0.5) is 0 Å². The Morgan fingerprint density at radius 3 is 2.48 bits per heavy atom. The lowest BCUT2D eigenvalue weighted by Gasteiger charge is -2.16. The van der Waals surface area contributed by atoms with Crippen LogP contribution in [-0.2, 0) is 19.1 Å². The van der Waals surface area contributed by atoms with E-state index < -0.39 is 23.9 Å². The molecule has 0 bridgehead atoms. The van der Waals surface area contributed by atoms with Gasteiger partial charge in [0, 0.05) is 6.42 Å². The number of rotatable bonds is 7. The zero-order valence-corrected chi connectivity index (χ0v) is 17.0. The lowest BCUT2D eigenvalue weighted by molar-refractivity contribution is -0.144.